The summed E-state index contributed by atoms with van der Waals surface area (Å²) in [4.78, 5) is 11.5. The summed E-state index contributed by atoms with van der Waals surface area (Å²) in [5.74, 6) is 0.736. The van der Waals surface area contributed by atoms with Crippen molar-refractivity contribution in [2.24, 2.45) is 0 Å². The van der Waals surface area contributed by atoms with E-state index in [4.69, 9.17) is 4.74 Å². The molecule has 0 spiro atoms. The topological polar surface area (TPSA) is 38.3 Å². The summed E-state index contributed by atoms with van der Waals surface area (Å²) in [5, 5.41) is 5.04. The molecule has 0 bridgehead atoms. The zero-order valence-electron chi connectivity index (χ0n) is 12.6. The Morgan fingerprint density at radius 1 is 1.00 bits per heavy atom. The number of carbonyl (C=O) groups is 1. The summed E-state index contributed by atoms with van der Waals surface area (Å²) in [6.07, 6.45) is 0. The number of benzene rings is 3. The van der Waals surface area contributed by atoms with Gasteiger partial charge in [-0.05, 0) is 34.7 Å². The minimum Gasteiger partial charge on any atom is -0.497 e. The van der Waals surface area contributed by atoms with E-state index in [0.29, 0.717) is 0 Å². The summed E-state index contributed by atoms with van der Waals surface area (Å²) in [6.45, 7) is 1.52. The Hall–Kier alpha value is -2.81. The average Bonchev–Trinajstić information content (AvgIpc) is 2.54. The number of methoxy groups -OCH3 is 1. The van der Waals surface area contributed by atoms with E-state index in [2.05, 4.69) is 11.4 Å². The molecule has 3 aromatic carbocycles. The van der Waals surface area contributed by atoms with E-state index in [1.165, 1.54) is 6.92 Å². The van der Waals surface area contributed by atoms with E-state index in [9.17, 15) is 4.79 Å². The fourth-order valence-electron chi connectivity index (χ4n) is 2.67. The molecule has 0 saturated carbocycles. The molecule has 0 radical (unpaired) electrons. The molecule has 0 unspecified atom stereocenters. The summed E-state index contributed by atoms with van der Waals surface area (Å²) in [6, 6.07) is 20.0. The maximum atomic E-state index is 11.5. The second kappa shape index (κ2) is 5.90. The van der Waals surface area contributed by atoms with Crippen LogP contribution in [0.4, 0.5) is 5.69 Å². The van der Waals surface area contributed by atoms with Gasteiger partial charge in [0.25, 0.3) is 0 Å². The molecule has 0 fully saturated rings. The normalized spacial score (nSPS) is 10.5. The van der Waals surface area contributed by atoms with Crippen LogP contribution in [0.25, 0.3) is 21.9 Å². The molecule has 1 N–H and O–H groups in total. The Kier molecular flexibility index (Phi) is 3.79. The number of ether oxygens (including phenoxy) is 1. The summed E-state index contributed by atoms with van der Waals surface area (Å²) >= 11 is 0. The highest BCUT2D eigenvalue weighted by atomic mass is 16.5. The van der Waals surface area contributed by atoms with Crippen LogP contribution in [0, 0.1) is 0 Å². The highest BCUT2D eigenvalue weighted by Gasteiger charge is 2.09. The zero-order chi connectivity index (χ0) is 15.5. The van der Waals surface area contributed by atoms with Crippen molar-refractivity contribution in [3.8, 4) is 16.9 Å². The number of rotatable bonds is 3. The molecule has 22 heavy (non-hydrogen) atoms. The molecule has 0 heterocycles. The standard InChI is InChI=1S/C19H17NO2/c1-13(21)20-18-11-5-7-14-6-4-10-17(19(14)18)15-8-3-9-16(12-15)22-2/h3-12H,1-2H3,(H,20,21). The minimum atomic E-state index is -0.0760. The largest absolute Gasteiger partial charge is 0.497 e. The van der Waals surface area contributed by atoms with Crippen LogP contribution in [-0.2, 0) is 4.79 Å². The van der Waals surface area contributed by atoms with E-state index in [1.54, 1.807) is 7.11 Å². The molecule has 0 aliphatic carbocycles. The molecule has 3 aromatic rings. The van der Waals surface area contributed by atoms with Crippen molar-refractivity contribution in [2.75, 3.05) is 12.4 Å². The monoisotopic (exact) mass is 291 g/mol. The molecule has 0 saturated heterocycles. The lowest BCUT2D eigenvalue weighted by molar-refractivity contribution is -0.114. The van der Waals surface area contributed by atoms with Crippen LogP contribution in [0.5, 0.6) is 5.75 Å². The van der Waals surface area contributed by atoms with Gasteiger partial charge in [-0.15, -0.1) is 0 Å². The van der Waals surface area contributed by atoms with Gasteiger partial charge >= 0.3 is 0 Å². The van der Waals surface area contributed by atoms with Crippen molar-refractivity contribution in [1.82, 2.24) is 0 Å². The third kappa shape index (κ3) is 2.66. The maximum absolute atomic E-state index is 11.5. The van der Waals surface area contributed by atoms with Crippen LogP contribution >= 0.6 is 0 Å². The van der Waals surface area contributed by atoms with Crippen molar-refractivity contribution in [3.63, 3.8) is 0 Å². The summed E-state index contributed by atoms with van der Waals surface area (Å²) < 4.78 is 5.31. The molecular weight excluding hydrogens is 274 g/mol. The van der Waals surface area contributed by atoms with Gasteiger partial charge in [0.05, 0.1) is 7.11 Å². The van der Waals surface area contributed by atoms with Gasteiger partial charge in [-0.1, -0.05) is 42.5 Å². The van der Waals surface area contributed by atoms with Gasteiger partial charge in [0.2, 0.25) is 5.91 Å². The van der Waals surface area contributed by atoms with Gasteiger partial charge in [0.1, 0.15) is 5.75 Å². The SMILES string of the molecule is COc1cccc(-c2cccc3cccc(NC(C)=O)c23)c1. The first-order chi connectivity index (χ1) is 10.7. The minimum absolute atomic E-state index is 0.0760. The van der Waals surface area contributed by atoms with Crippen molar-refractivity contribution in [1.29, 1.82) is 0 Å². The van der Waals surface area contributed by atoms with Crippen LogP contribution in [0.15, 0.2) is 60.7 Å². The highest BCUT2D eigenvalue weighted by Crippen LogP contribution is 2.35. The zero-order valence-corrected chi connectivity index (χ0v) is 12.6. The Morgan fingerprint density at radius 3 is 2.45 bits per heavy atom. The molecular formula is C19H17NO2. The van der Waals surface area contributed by atoms with Gasteiger partial charge in [0.15, 0.2) is 0 Å². The predicted octanol–water partition coefficient (Wildman–Crippen LogP) is 4.47. The van der Waals surface area contributed by atoms with Crippen molar-refractivity contribution in [3.05, 3.63) is 60.7 Å². The van der Waals surface area contributed by atoms with E-state index < -0.39 is 0 Å². The van der Waals surface area contributed by atoms with Crippen LogP contribution in [0.2, 0.25) is 0 Å². The molecule has 110 valence electrons. The summed E-state index contributed by atoms with van der Waals surface area (Å²) in [5.41, 5.74) is 2.95. The molecule has 3 nitrogen and oxygen atoms in total. The number of hydrogen-bond acceptors (Lipinski definition) is 2. The van der Waals surface area contributed by atoms with Gasteiger partial charge < -0.3 is 10.1 Å². The van der Waals surface area contributed by atoms with E-state index in [1.807, 2.05) is 54.6 Å². The Morgan fingerprint density at radius 2 is 1.73 bits per heavy atom. The highest BCUT2D eigenvalue weighted by molar-refractivity contribution is 6.08. The van der Waals surface area contributed by atoms with Gasteiger partial charge in [-0.25, -0.2) is 0 Å². The van der Waals surface area contributed by atoms with Gasteiger partial charge in [0, 0.05) is 18.0 Å². The molecule has 0 aromatic heterocycles. The van der Waals surface area contributed by atoms with Gasteiger partial charge in [-0.2, -0.15) is 0 Å². The molecule has 0 aliphatic rings. The first-order valence-corrected chi connectivity index (χ1v) is 7.13. The third-order valence-electron chi connectivity index (χ3n) is 3.60. The van der Waals surface area contributed by atoms with Crippen LogP contribution in [0.3, 0.4) is 0 Å². The number of fused-ring (bicyclic) bond motifs is 1. The third-order valence-corrected chi connectivity index (χ3v) is 3.60. The van der Waals surface area contributed by atoms with E-state index >= 15 is 0 Å². The lowest BCUT2D eigenvalue weighted by Gasteiger charge is -2.13. The smallest absolute Gasteiger partial charge is 0.221 e. The Balaban J connectivity index is 2.26. The van der Waals surface area contributed by atoms with Crippen molar-refractivity contribution < 1.29 is 9.53 Å². The van der Waals surface area contributed by atoms with Crippen LogP contribution in [-0.4, -0.2) is 13.0 Å². The second-order valence-electron chi connectivity index (χ2n) is 5.12. The molecule has 0 aliphatic heterocycles. The molecule has 3 rings (SSSR count). The fraction of sp³-hybridized carbons (Fsp3) is 0.105. The van der Waals surface area contributed by atoms with Crippen LogP contribution < -0.4 is 10.1 Å². The number of anilines is 1. The fourth-order valence-corrected chi connectivity index (χ4v) is 2.67. The van der Waals surface area contributed by atoms with Crippen molar-refractivity contribution in [2.45, 2.75) is 6.92 Å². The lowest BCUT2D eigenvalue weighted by atomic mass is 9.97. The quantitative estimate of drug-likeness (QED) is 0.773. The van der Waals surface area contributed by atoms with Gasteiger partial charge in [-0.3, -0.25) is 4.79 Å². The van der Waals surface area contributed by atoms with E-state index in [-0.39, 0.29) is 5.91 Å². The first kappa shape index (κ1) is 14.1. The number of amides is 1. The summed E-state index contributed by atoms with van der Waals surface area (Å²) in [7, 11) is 1.66. The van der Waals surface area contributed by atoms with E-state index in [0.717, 1.165) is 33.3 Å². The average molecular weight is 291 g/mol. The molecule has 3 heteroatoms. The predicted molar refractivity (Wildman–Crippen MR) is 90.2 cm³/mol. The number of carbonyl (C=O) groups excluding carboxylic acids is 1. The lowest BCUT2D eigenvalue weighted by Crippen LogP contribution is -2.06. The Labute approximate surface area is 129 Å². The van der Waals surface area contributed by atoms with Crippen LogP contribution in [0.1, 0.15) is 6.92 Å². The molecule has 1 amide bonds. The maximum Gasteiger partial charge on any atom is 0.221 e. The number of nitrogens with one attached hydrogen (secondary N) is 1. The second-order valence-corrected chi connectivity index (χ2v) is 5.12. The number of hydrogen-bond donors (Lipinski definition) is 1. The molecule has 0 atom stereocenters. The van der Waals surface area contributed by atoms with Crippen molar-refractivity contribution >= 4 is 22.4 Å². The Bertz CT molecular complexity index is 834. The first-order valence-electron chi connectivity index (χ1n) is 7.13.